The van der Waals surface area contributed by atoms with E-state index in [-0.39, 0.29) is 36.7 Å². The van der Waals surface area contributed by atoms with Crippen LogP contribution in [0, 0.1) is 5.92 Å². The number of sulfonamides is 1. The highest BCUT2D eigenvalue weighted by molar-refractivity contribution is 7.88. The summed E-state index contributed by atoms with van der Waals surface area (Å²) in [6.07, 6.45) is 3.09. The standard InChI is InChI=1S/C14H23N3O4S.ClH/c1-10-4-3-7-17(12(10)8-15)14(18)13-6-5-11(21-13)9-16-22(2,19)20;/h5-6,10,12,16H,3-4,7-9,15H2,1-2H3;1H. The van der Waals surface area contributed by atoms with Gasteiger partial charge < -0.3 is 15.1 Å². The lowest BCUT2D eigenvalue weighted by atomic mass is 9.90. The summed E-state index contributed by atoms with van der Waals surface area (Å²) in [7, 11) is -3.30. The van der Waals surface area contributed by atoms with E-state index in [2.05, 4.69) is 11.6 Å². The van der Waals surface area contributed by atoms with Gasteiger partial charge in [0.15, 0.2) is 5.76 Å². The highest BCUT2D eigenvalue weighted by Crippen LogP contribution is 2.24. The van der Waals surface area contributed by atoms with E-state index in [0.29, 0.717) is 24.8 Å². The fourth-order valence-corrected chi connectivity index (χ4v) is 3.20. The molecule has 1 fully saturated rings. The molecule has 1 aromatic rings. The van der Waals surface area contributed by atoms with Crippen LogP contribution in [-0.2, 0) is 16.6 Å². The molecule has 23 heavy (non-hydrogen) atoms. The summed E-state index contributed by atoms with van der Waals surface area (Å²) in [5.74, 6) is 0.803. The third kappa shape index (κ3) is 5.20. The Balaban J connectivity index is 0.00000264. The molecule has 1 aliphatic rings. The Morgan fingerprint density at radius 2 is 2.17 bits per heavy atom. The van der Waals surface area contributed by atoms with Crippen LogP contribution in [0.25, 0.3) is 0 Å². The molecule has 2 rings (SSSR count). The number of carbonyl (C=O) groups is 1. The minimum atomic E-state index is -3.30. The fraction of sp³-hybridized carbons (Fsp3) is 0.643. The number of hydrogen-bond donors (Lipinski definition) is 2. The predicted octanol–water partition coefficient (Wildman–Crippen LogP) is 0.950. The van der Waals surface area contributed by atoms with Crippen LogP contribution >= 0.6 is 12.4 Å². The van der Waals surface area contributed by atoms with Crippen LogP contribution in [0.3, 0.4) is 0 Å². The molecular weight excluding hydrogens is 342 g/mol. The lowest BCUT2D eigenvalue weighted by Crippen LogP contribution is -2.51. The van der Waals surface area contributed by atoms with E-state index in [1.807, 2.05) is 0 Å². The first-order valence-electron chi connectivity index (χ1n) is 7.36. The molecule has 0 aromatic carbocycles. The Morgan fingerprint density at radius 1 is 1.48 bits per heavy atom. The topological polar surface area (TPSA) is 106 Å². The number of halogens is 1. The van der Waals surface area contributed by atoms with Crippen LogP contribution < -0.4 is 10.5 Å². The lowest BCUT2D eigenvalue weighted by Gasteiger charge is -2.38. The van der Waals surface area contributed by atoms with E-state index in [9.17, 15) is 13.2 Å². The number of nitrogens with zero attached hydrogens (tertiary/aromatic N) is 1. The van der Waals surface area contributed by atoms with Crippen molar-refractivity contribution in [3.63, 3.8) is 0 Å². The lowest BCUT2D eigenvalue weighted by molar-refractivity contribution is 0.0499. The quantitative estimate of drug-likeness (QED) is 0.808. The van der Waals surface area contributed by atoms with Gasteiger partial charge in [-0.3, -0.25) is 4.79 Å². The molecule has 9 heteroatoms. The molecular formula is C14H24ClN3O4S. The normalized spacial score (nSPS) is 21.8. The van der Waals surface area contributed by atoms with Gasteiger partial charge in [-0.05, 0) is 30.9 Å². The number of carbonyl (C=O) groups excluding carboxylic acids is 1. The van der Waals surface area contributed by atoms with Gasteiger partial charge in [0, 0.05) is 19.1 Å². The Bertz CT molecular complexity index is 632. The molecule has 0 spiro atoms. The minimum absolute atomic E-state index is 0. The highest BCUT2D eigenvalue weighted by Gasteiger charge is 2.32. The molecule has 1 aromatic heterocycles. The maximum atomic E-state index is 12.6. The molecule has 1 amide bonds. The number of nitrogens with two attached hydrogens (primary N) is 1. The average Bonchev–Trinajstić information content (AvgIpc) is 2.92. The average molecular weight is 366 g/mol. The van der Waals surface area contributed by atoms with Gasteiger partial charge in [-0.1, -0.05) is 6.92 Å². The summed E-state index contributed by atoms with van der Waals surface area (Å²) >= 11 is 0. The van der Waals surface area contributed by atoms with Gasteiger partial charge in [0.1, 0.15) is 5.76 Å². The molecule has 2 heterocycles. The van der Waals surface area contributed by atoms with Gasteiger partial charge in [0.05, 0.1) is 12.8 Å². The Kier molecular flexibility index (Phi) is 7.06. The largest absolute Gasteiger partial charge is 0.455 e. The summed E-state index contributed by atoms with van der Waals surface area (Å²) < 4.78 is 29.9. The van der Waals surface area contributed by atoms with Crippen LogP contribution in [0.1, 0.15) is 36.1 Å². The molecule has 0 bridgehead atoms. The molecule has 2 atom stereocenters. The third-order valence-electron chi connectivity index (χ3n) is 4.00. The van der Waals surface area contributed by atoms with E-state index in [1.54, 1.807) is 17.0 Å². The van der Waals surface area contributed by atoms with Crippen molar-refractivity contribution in [3.05, 3.63) is 23.7 Å². The van der Waals surface area contributed by atoms with Crippen molar-refractivity contribution in [2.24, 2.45) is 11.7 Å². The molecule has 1 saturated heterocycles. The van der Waals surface area contributed by atoms with Crippen LogP contribution in [0.5, 0.6) is 0 Å². The van der Waals surface area contributed by atoms with E-state index >= 15 is 0 Å². The van der Waals surface area contributed by atoms with Crippen molar-refractivity contribution in [1.82, 2.24) is 9.62 Å². The van der Waals surface area contributed by atoms with Crippen molar-refractivity contribution < 1.29 is 17.6 Å². The molecule has 0 saturated carbocycles. The number of amides is 1. The summed E-state index contributed by atoms with van der Waals surface area (Å²) in [6, 6.07) is 3.20. The van der Waals surface area contributed by atoms with Crippen LogP contribution in [-0.4, -0.2) is 44.6 Å². The predicted molar refractivity (Wildman–Crippen MR) is 89.9 cm³/mol. The number of rotatable bonds is 5. The van der Waals surface area contributed by atoms with E-state index in [1.165, 1.54) is 0 Å². The third-order valence-corrected chi connectivity index (χ3v) is 4.67. The van der Waals surface area contributed by atoms with Gasteiger partial charge in [0.25, 0.3) is 5.91 Å². The summed E-state index contributed by atoms with van der Waals surface area (Å²) in [5, 5.41) is 0. The molecule has 1 aliphatic heterocycles. The second kappa shape index (κ2) is 8.14. The molecule has 2 unspecified atom stereocenters. The van der Waals surface area contributed by atoms with Gasteiger partial charge in [-0.15, -0.1) is 12.4 Å². The van der Waals surface area contributed by atoms with Crippen LogP contribution in [0.15, 0.2) is 16.5 Å². The highest BCUT2D eigenvalue weighted by atomic mass is 35.5. The van der Waals surface area contributed by atoms with E-state index in [4.69, 9.17) is 10.2 Å². The summed E-state index contributed by atoms with van der Waals surface area (Å²) in [4.78, 5) is 14.3. The Morgan fingerprint density at radius 3 is 2.78 bits per heavy atom. The first-order valence-corrected chi connectivity index (χ1v) is 9.25. The molecule has 132 valence electrons. The second-order valence-corrected chi connectivity index (χ2v) is 7.61. The monoisotopic (exact) mass is 365 g/mol. The summed E-state index contributed by atoms with van der Waals surface area (Å²) in [6.45, 7) is 3.22. The van der Waals surface area contributed by atoms with Gasteiger partial charge >= 0.3 is 0 Å². The fourth-order valence-electron chi connectivity index (χ4n) is 2.79. The zero-order valence-electron chi connectivity index (χ0n) is 13.3. The van der Waals surface area contributed by atoms with Crippen molar-refractivity contribution in [2.45, 2.75) is 32.4 Å². The molecule has 7 nitrogen and oxygen atoms in total. The smallest absolute Gasteiger partial charge is 0.289 e. The van der Waals surface area contributed by atoms with Crippen molar-refractivity contribution in [3.8, 4) is 0 Å². The first kappa shape index (κ1) is 20.0. The van der Waals surface area contributed by atoms with Crippen molar-refractivity contribution in [2.75, 3.05) is 19.3 Å². The zero-order chi connectivity index (χ0) is 16.3. The second-order valence-electron chi connectivity index (χ2n) is 5.78. The SMILES string of the molecule is CC1CCCN(C(=O)c2ccc(CNS(C)(=O)=O)o2)C1CN.Cl. The minimum Gasteiger partial charge on any atom is -0.455 e. The Hall–Kier alpha value is -1.09. The molecule has 3 N–H and O–H groups in total. The maximum absolute atomic E-state index is 12.6. The van der Waals surface area contributed by atoms with Gasteiger partial charge in [-0.25, -0.2) is 13.1 Å². The number of furan rings is 1. The van der Waals surface area contributed by atoms with Gasteiger partial charge in [0.2, 0.25) is 10.0 Å². The number of hydrogen-bond acceptors (Lipinski definition) is 5. The molecule has 0 radical (unpaired) electrons. The number of piperidine rings is 1. The van der Waals surface area contributed by atoms with Crippen molar-refractivity contribution >= 4 is 28.3 Å². The zero-order valence-corrected chi connectivity index (χ0v) is 15.0. The maximum Gasteiger partial charge on any atom is 0.289 e. The van der Waals surface area contributed by atoms with E-state index in [0.717, 1.165) is 19.1 Å². The number of nitrogens with one attached hydrogen (secondary N) is 1. The van der Waals surface area contributed by atoms with E-state index < -0.39 is 10.0 Å². The number of likely N-dealkylation sites (tertiary alicyclic amines) is 1. The van der Waals surface area contributed by atoms with Crippen molar-refractivity contribution in [1.29, 1.82) is 0 Å². The van der Waals surface area contributed by atoms with Crippen LogP contribution in [0.2, 0.25) is 0 Å². The Labute approximate surface area is 143 Å². The van der Waals surface area contributed by atoms with Crippen LogP contribution in [0.4, 0.5) is 0 Å². The van der Waals surface area contributed by atoms with Gasteiger partial charge in [-0.2, -0.15) is 0 Å². The summed E-state index contributed by atoms with van der Waals surface area (Å²) in [5.41, 5.74) is 5.80. The first-order chi connectivity index (χ1) is 10.3. The molecule has 0 aliphatic carbocycles.